The first-order valence-corrected chi connectivity index (χ1v) is 11.3. The van der Waals surface area contributed by atoms with Gasteiger partial charge in [0.15, 0.2) is 5.96 Å². The third-order valence-electron chi connectivity index (χ3n) is 5.27. The second kappa shape index (κ2) is 12.0. The van der Waals surface area contributed by atoms with Gasteiger partial charge in [-0.1, -0.05) is 0 Å². The molecule has 1 aromatic carbocycles. The van der Waals surface area contributed by atoms with Crippen LogP contribution in [0, 0.1) is 5.92 Å². The molecule has 0 aromatic heterocycles. The summed E-state index contributed by atoms with van der Waals surface area (Å²) in [5.41, 5.74) is 2.26. The van der Waals surface area contributed by atoms with Gasteiger partial charge in [-0.25, -0.2) is 4.99 Å². The molecule has 0 aliphatic carbocycles. The van der Waals surface area contributed by atoms with E-state index in [4.69, 9.17) is 23.9 Å². The first kappa shape index (κ1) is 22.7. The molecule has 0 saturated carbocycles. The van der Waals surface area contributed by atoms with Gasteiger partial charge in [0.25, 0.3) is 0 Å². The highest BCUT2D eigenvalue weighted by molar-refractivity contribution is 5.79. The third-order valence-corrected chi connectivity index (χ3v) is 5.27. The Balaban J connectivity index is 1.49. The number of ether oxygens (including phenoxy) is 4. The van der Waals surface area contributed by atoms with Gasteiger partial charge < -0.3 is 29.6 Å². The Bertz CT molecular complexity index is 689. The van der Waals surface area contributed by atoms with Gasteiger partial charge in [-0.05, 0) is 45.7 Å². The number of fused-ring (bicyclic) bond motifs is 1. The van der Waals surface area contributed by atoms with Crippen LogP contribution in [0.4, 0.5) is 0 Å². The smallest absolute Gasteiger partial charge is 0.191 e. The molecule has 7 nitrogen and oxygen atoms in total. The summed E-state index contributed by atoms with van der Waals surface area (Å²) in [6.07, 6.45) is 3.20. The molecule has 2 heterocycles. The second-order valence-corrected chi connectivity index (χ2v) is 7.91. The standard InChI is InChI=1S/C23H37N3O4/c1-4-24-23(25-8-6-9-27-15-18-7-10-28-16-18)26-14-20-13-22-19(11-17(3)30-22)12-21(20)29-5-2/h12-13,17-18H,4-11,14-16H2,1-3H3,(H2,24,25,26). The van der Waals surface area contributed by atoms with E-state index in [1.165, 1.54) is 5.56 Å². The van der Waals surface area contributed by atoms with Crippen LogP contribution in [-0.4, -0.2) is 58.2 Å². The van der Waals surface area contributed by atoms with Crippen LogP contribution in [0.1, 0.15) is 44.7 Å². The normalized spacial score (nSPS) is 20.7. The predicted octanol–water partition coefficient (Wildman–Crippen LogP) is 2.91. The van der Waals surface area contributed by atoms with Gasteiger partial charge in [0.1, 0.15) is 17.6 Å². The number of nitrogens with zero attached hydrogens (tertiary/aromatic N) is 1. The Labute approximate surface area is 180 Å². The van der Waals surface area contributed by atoms with Crippen molar-refractivity contribution in [3.63, 3.8) is 0 Å². The highest BCUT2D eigenvalue weighted by atomic mass is 16.5. The molecule has 3 rings (SSSR count). The number of rotatable bonds is 11. The molecule has 1 saturated heterocycles. The van der Waals surface area contributed by atoms with Gasteiger partial charge in [0.2, 0.25) is 0 Å². The molecule has 1 aromatic rings. The van der Waals surface area contributed by atoms with E-state index in [9.17, 15) is 0 Å². The number of hydrogen-bond acceptors (Lipinski definition) is 5. The lowest BCUT2D eigenvalue weighted by Crippen LogP contribution is -2.38. The van der Waals surface area contributed by atoms with Crippen molar-refractivity contribution in [1.82, 2.24) is 10.6 Å². The lowest BCUT2D eigenvalue weighted by atomic mass is 10.1. The Morgan fingerprint density at radius 3 is 2.93 bits per heavy atom. The quantitative estimate of drug-likeness (QED) is 0.326. The summed E-state index contributed by atoms with van der Waals surface area (Å²) in [5.74, 6) is 3.23. The lowest BCUT2D eigenvalue weighted by Gasteiger charge is -2.14. The molecule has 2 atom stereocenters. The Morgan fingerprint density at radius 2 is 2.17 bits per heavy atom. The number of aliphatic imine (C=N–C) groups is 1. The van der Waals surface area contributed by atoms with Crippen LogP contribution in [-0.2, 0) is 22.4 Å². The van der Waals surface area contributed by atoms with Crippen LogP contribution in [0.25, 0.3) is 0 Å². The molecule has 30 heavy (non-hydrogen) atoms. The SMILES string of the molecule is CCNC(=NCc1cc2c(cc1OCC)CC(C)O2)NCCCOCC1CCOC1. The summed E-state index contributed by atoms with van der Waals surface area (Å²) in [7, 11) is 0. The largest absolute Gasteiger partial charge is 0.494 e. The maximum absolute atomic E-state index is 5.92. The number of guanidine groups is 1. The van der Waals surface area contributed by atoms with E-state index < -0.39 is 0 Å². The molecule has 2 unspecified atom stereocenters. The van der Waals surface area contributed by atoms with Crippen molar-refractivity contribution < 1.29 is 18.9 Å². The van der Waals surface area contributed by atoms with Crippen LogP contribution >= 0.6 is 0 Å². The van der Waals surface area contributed by atoms with E-state index in [-0.39, 0.29) is 6.10 Å². The minimum atomic E-state index is 0.218. The molecule has 1 fully saturated rings. The van der Waals surface area contributed by atoms with Crippen molar-refractivity contribution in [3.05, 3.63) is 23.3 Å². The first-order chi connectivity index (χ1) is 14.7. The molecule has 2 aliphatic rings. The average molecular weight is 420 g/mol. The number of benzene rings is 1. The Kier molecular flexibility index (Phi) is 9.08. The third kappa shape index (κ3) is 6.77. The van der Waals surface area contributed by atoms with E-state index in [2.05, 4.69) is 36.6 Å². The molecule has 7 heteroatoms. The summed E-state index contributed by atoms with van der Waals surface area (Å²) < 4.78 is 22.9. The molecule has 0 radical (unpaired) electrons. The monoisotopic (exact) mass is 419 g/mol. The molecule has 2 aliphatic heterocycles. The topological polar surface area (TPSA) is 73.3 Å². The lowest BCUT2D eigenvalue weighted by molar-refractivity contribution is 0.0888. The number of hydrogen-bond donors (Lipinski definition) is 2. The molecular formula is C23H37N3O4. The first-order valence-electron chi connectivity index (χ1n) is 11.3. The van der Waals surface area contributed by atoms with E-state index in [1.807, 2.05) is 6.92 Å². The molecule has 2 N–H and O–H groups in total. The van der Waals surface area contributed by atoms with E-state index in [0.29, 0.717) is 19.1 Å². The van der Waals surface area contributed by atoms with Crippen LogP contribution in [0.5, 0.6) is 11.5 Å². The maximum Gasteiger partial charge on any atom is 0.191 e. The zero-order valence-electron chi connectivity index (χ0n) is 18.7. The zero-order chi connectivity index (χ0) is 21.2. The van der Waals surface area contributed by atoms with Crippen molar-refractivity contribution in [2.24, 2.45) is 10.9 Å². The van der Waals surface area contributed by atoms with Gasteiger partial charge in [0.05, 0.1) is 26.4 Å². The Hall–Kier alpha value is -1.99. The number of nitrogens with one attached hydrogen (secondary N) is 2. The van der Waals surface area contributed by atoms with Gasteiger partial charge in [0, 0.05) is 49.8 Å². The van der Waals surface area contributed by atoms with Gasteiger partial charge in [-0.2, -0.15) is 0 Å². The van der Waals surface area contributed by atoms with Crippen molar-refractivity contribution in [2.75, 3.05) is 46.1 Å². The minimum Gasteiger partial charge on any atom is -0.494 e. The Morgan fingerprint density at radius 1 is 1.27 bits per heavy atom. The van der Waals surface area contributed by atoms with Crippen LogP contribution < -0.4 is 20.1 Å². The van der Waals surface area contributed by atoms with Gasteiger partial charge in [-0.3, -0.25) is 0 Å². The van der Waals surface area contributed by atoms with Crippen molar-refractivity contribution in [2.45, 2.75) is 52.7 Å². The van der Waals surface area contributed by atoms with Crippen LogP contribution in [0.3, 0.4) is 0 Å². The fraction of sp³-hybridized carbons (Fsp3) is 0.696. The second-order valence-electron chi connectivity index (χ2n) is 7.91. The van der Waals surface area contributed by atoms with Crippen LogP contribution in [0.15, 0.2) is 17.1 Å². The van der Waals surface area contributed by atoms with E-state index >= 15 is 0 Å². The van der Waals surface area contributed by atoms with Gasteiger partial charge >= 0.3 is 0 Å². The summed E-state index contributed by atoms with van der Waals surface area (Å²) in [4.78, 5) is 4.75. The molecular weight excluding hydrogens is 382 g/mol. The van der Waals surface area contributed by atoms with Crippen molar-refractivity contribution in [1.29, 1.82) is 0 Å². The summed E-state index contributed by atoms with van der Waals surface area (Å²) in [6.45, 7) is 12.2. The van der Waals surface area contributed by atoms with Crippen molar-refractivity contribution >= 4 is 5.96 Å². The highest BCUT2D eigenvalue weighted by Crippen LogP contribution is 2.35. The molecule has 0 spiro atoms. The summed E-state index contributed by atoms with van der Waals surface area (Å²) in [5, 5.41) is 6.70. The van der Waals surface area contributed by atoms with E-state index in [0.717, 1.165) is 81.8 Å². The zero-order valence-corrected chi connectivity index (χ0v) is 18.7. The fourth-order valence-corrected chi connectivity index (χ4v) is 3.75. The highest BCUT2D eigenvalue weighted by Gasteiger charge is 2.21. The van der Waals surface area contributed by atoms with E-state index in [1.54, 1.807) is 0 Å². The van der Waals surface area contributed by atoms with Crippen LogP contribution in [0.2, 0.25) is 0 Å². The molecule has 0 bridgehead atoms. The van der Waals surface area contributed by atoms with Gasteiger partial charge in [-0.15, -0.1) is 0 Å². The minimum absolute atomic E-state index is 0.218. The maximum atomic E-state index is 5.92. The predicted molar refractivity (Wildman–Crippen MR) is 119 cm³/mol. The summed E-state index contributed by atoms with van der Waals surface area (Å²) >= 11 is 0. The molecule has 168 valence electrons. The fourth-order valence-electron chi connectivity index (χ4n) is 3.75. The van der Waals surface area contributed by atoms with Crippen molar-refractivity contribution in [3.8, 4) is 11.5 Å². The molecule has 0 amide bonds. The summed E-state index contributed by atoms with van der Waals surface area (Å²) in [6, 6.07) is 4.19. The average Bonchev–Trinajstić information content (AvgIpc) is 3.37.